The zero-order valence-corrected chi connectivity index (χ0v) is 7.05. The molecular formula is C8H17NO2. The molecule has 0 bridgehead atoms. The minimum atomic E-state index is 0.215. The molecule has 1 aliphatic carbocycles. The van der Waals surface area contributed by atoms with E-state index in [-0.39, 0.29) is 6.61 Å². The molecule has 0 radical (unpaired) electrons. The predicted molar refractivity (Wildman–Crippen MR) is 43.5 cm³/mol. The second kappa shape index (κ2) is 4.70. The average molecular weight is 159 g/mol. The highest BCUT2D eigenvalue weighted by atomic mass is 16.5. The predicted octanol–water partition coefficient (Wildman–Crippen LogP) is -0.00670. The zero-order chi connectivity index (χ0) is 8.10. The van der Waals surface area contributed by atoms with Gasteiger partial charge in [-0.25, -0.2) is 0 Å². The van der Waals surface area contributed by atoms with Crippen molar-refractivity contribution in [2.24, 2.45) is 5.92 Å². The summed E-state index contributed by atoms with van der Waals surface area (Å²) < 4.78 is 5.06. The summed E-state index contributed by atoms with van der Waals surface area (Å²) in [6.07, 6.45) is 2.62. The molecule has 0 amide bonds. The summed E-state index contributed by atoms with van der Waals surface area (Å²) in [4.78, 5) is 0. The zero-order valence-electron chi connectivity index (χ0n) is 7.05. The van der Waals surface area contributed by atoms with E-state index >= 15 is 0 Å². The minimum Gasteiger partial charge on any atom is -0.395 e. The van der Waals surface area contributed by atoms with Crippen LogP contribution in [0.25, 0.3) is 0 Å². The van der Waals surface area contributed by atoms with Crippen LogP contribution in [0.1, 0.15) is 12.8 Å². The molecule has 11 heavy (non-hydrogen) atoms. The molecule has 1 rings (SSSR count). The molecule has 1 atom stereocenters. The third kappa shape index (κ3) is 3.18. The van der Waals surface area contributed by atoms with Gasteiger partial charge in [0.15, 0.2) is 0 Å². The summed E-state index contributed by atoms with van der Waals surface area (Å²) >= 11 is 0. The Morgan fingerprint density at radius 2 is 2.36 bits per heavy atom. The van der Waals surface area contributed by atoms with Gasteiger partial charge in [-0.3, -0.25) is 0 Å². The Bertz CT molecular complexity index is 104. The number of rotatable bonds is 6. The van der Waals surface area contributed by atoms with Crippen LogP contribution >= 0.6 is 0 Å². The van der Waals surface area contributed by atoms with Crippen molar-refractivity contribution in [2.45, 2.75) is 18.9 Å². The van der Waals surface area contributed by atoms with Gasteiger partial charge in [0.2, 0.25) is 0 Å². The van der Waals surface area contributed by atoms with Crippen LogP contribution < -0.4 is 5.32 Å². The Kier molecular flexibility index (Phi) is 3.83. The molecule has 2 N–H and O–H groups in total. The van der Waals surface area contributed by atoms with Crippen molar-refractivity contribution in [2.75, 3.05) is 26.9 Å². The largest absolute Gasteiger partial charge is 0.395 e. The summed E-state index contributed by atoms with van der Waals surface area (Å²) in [5.74, 6) is 0.793. The van der Waals surface area contributed by atoms with Crippen molar-refractivity contribution in [3.63, 3.8) is 0 Å². The monoisotopic (exact) mass is 159 g/mol. The summed E-state index contributed by atoms with van der Waals surface area (Å²) in [7, 11) is 1.72. The molecule has 1 saturated carbocycles. The van der Waals surface area contributed by atoms with Gasteiger partial charge >= 0.3 is 0 Å². The van der Waals surface area contributed by atoms with Crippen molar-refractivity contribution in [3.8, 4) is 0 Å². The van der Waals surface area contributed by atoms with Gasteiger partial charge in [-0.15, -0.1) is 0 Å². The lowest BCUT2D eigenvalue weighted by Gasteiger charge is -2.15. The van der Waals surface area contributed by atoms with Crippen LogP contribution in [-0.2, 0) is 4.74 Å². The Labute approximate surface area is 67.7 Å². The first-order chi connectivity index (χ1) is 5.38. The van der Waals surface area contributed by atoms with Crippen molar-refractivity contribution < 1.29 is 9.84 Å². The second-order valence-corrected chi connectivity index (χ2v) is 3.08. The number of hydrogen-bond acceptors (Lipinski definition) is 3. The van der Waals surface area contributed by atoms with Gasteiger partial charge in [-0.05, 0) is 18.8 Å². The molecule has 3 heteroatoms. The number of nitrogens with one attached hydrogen (secondary N) is 1. The van der Waals surface area contributed by atoms with Crippen LogP contribution in [0.5, 0.6) is 0 Å². The normalized spacial score (nSPS) is 20.2. The number of aliphatic hydroxyl groups excluding tert-OH is 1. The van der Waals surface area contributed by atoms with Gasteiger partial charge in [0.25, 0.3) is 0 Å². The van der Waals surface area contributed by atoms with E-state index in [0.717, 1.165) is 12.5 Å². The molecule has 1 fully saturated rings. The van der Waals surface area contributed by atoms with Crippen LogP contribution in [0.4, 0.5) is 0 Å². The van der Waals surface area contributed by atoms with Crippen LogP contribution in [0.2, 0.25) is 0 Å². The third-order valence-corrected chi connectivity index (χ3v) is 2.06. The molecule has 66 valence electrons. The quantitative estimate of drug-likeness (QED) is 0.573. The Morgan fingerprint density at radius 3 is 2.82 bits per heavy atom. The van der Waals surface area contributed by atoms with E-state index in [1.165, 1.54) is 12.8 Å². The van der Waals surface area contributed by atoms with Crippen molar-refractivity contribution in [1.29, 1.82) is 0 Å². The van der Waals surface area contributed by atoms with Gasteiger partial charge in [-0.1, -0.05) is 0 Å². The first-order valence-electron chi connectivity index (χ1n) is 4.21. The molecule has 1 aliphatic rings. The fourth-order valence-corrected chi connectivity index (χ4v) is 1.29. The topological polar surface area (TPSA) is 41.5 Å². The van der Waals surface area contributed by atoms with Crippen molar-refractivity contribution in [3.05, 3.63) is 0 Å². The first-order valence-corrected chi connectivity index (χ1v) is 4.21. The maximum atomic E-state index is 8.58. The van der Waals surface area contributed by atoms with E-state index in [2.05, 4.69) is 5.32 Å². The number of methoxy groups -OCH3 is 1. The standard InChI is InChI=1S/C8H17NO2/c1-11-6-8(7-2-3-7)9-4-5-10/h7-10H,2-6H2,1H3. The van der Waals surface area contributed by atoms with E-state index in [0.29, 0.717) is 12.6 Å². The molecule has 0 aromatic carbocycles. The maximum absolute atomic E-state index is 8.58. The van der Waals surface area contributed by atoms with Crippen LogP contribution in [-0.4, -0.2) is 38.0 Å². The second-order valence-electron chi connectivity index (χ2n) is 3.08. The SMILES string of the molecule is COCC(NCCO)C1CC1. The lowest BCUT2D eigenvalue weighted by molar-refractivity contribution is 0.153. The molecule has 1 unspecified atom stereocenters. The van der Waals surface area contributed by atoms with Crippen LogP contribution in [0, 0.1) is 5.92 Å². The summed E-state index contributed by atoms with van der Waals surface area (Å²) in [5, 5.41) is 11.8. The number of ether oxygens (including phenoxy) is 1. The lowest BCUT2D eigenvalue weighted by atomic mass is 10.2. The summed E-state index contributed by atoms with van der Waals surface area (Å²) in [5.41, 5.74) is 0. The first kappa shape index (κ1) is 8.97. The van der Waals surface area contributed by atoms with Crippen LogP contribution in [0.15, 0.2) is 0 Å². The molecule has 0 spiro atoms. The molecule has 0 saturated heterocycles. The van der Waals surface area contributed by atoms with E-state index in [4.69, 9.17) is 9.84 Å². The highest BCUT2D eigenvalue weighted by Gasteiger charge is 2.30. The molecule has 0 aromatic heterocycles. The van der Waals surface area contributed by atoms with Gasteiger partial charge in [0.1, 0.15) is 0 Å². The average Bonchev–Trinajstić information content (AvgIpc) is 2.80. The fourth-order valence-electron chi connectivity index (χ4n) is 1.29. The molecule has 0 heterocycles. The van der Waals surface area contributed by atoms with E-state index in [1.807, 2.05) is 0 Å². The van der Waals surface area contributed by atoms with Gasteiger partial charge in [-0.2, -0.15) is 0 Å². The van der Waals surface area contributed by atoms with Gasteiger partial charge < -0.3 is 15.2 Å². The van der Waals surface area contributed by atoms with E-state index in [9.17, 15) is 0 Å². The van der Waals surface area contributed by atoms with E-state index in [1.54, 1.807) is 7.11 Å². The smallest absolute Gasteiger partial charge is 0.0618 e. The Hall–Kier alpha value is -0.120. The number of hydrogen-bond donors (Lipinski definition) is 2. The van der Waals surface area contributed by atoms with Gasteiger partial charge in [0, 0.05) is 19.7 Å². The fraction of sp³-hybridized carbons (Fsp3) is 1.00. The summed E-state index contributed by atoms with van der Waals surface area (Å²) in [6, 6.07) is 0.465. The van der Waals surface area contributed by atoms with Crippen molar-refractivity contribution in [1.82, 2.24) is 5.32 Å². The third-order valence-electron chi connectivity index (χ3n) is 2.06. The molecule has 3 nitrogen and oxygen atoms in total. The Balaban J connectivity index is 2.10. The maximum Gasteiger partial charge on any atom is 0.0618 e. The molecular weight excluding hydrogens is 142 g/mol. The molecule has 0 aliphatic heterocycles. The van der Waals surface area contributed by atoms with E-state index < -0.39 is 0 Å². The Morgan fingerprint density at radius 1 is 1.64 bits per heavy atom. The molecule has 0 aromatic rings. The lowest BCUT2D eigenvalue weighted by Crippen LogP contribution is -2.36. The number of aliphatic hydroxyl groups is 1. The summed E-state index contributed by atoms with van der Waals surface area (Å²) in [6.45, 7) is 1.67. The van der Waals surface area contributed by atoms with Crippen LogP contribution in [0.3, 0.4) is 0 Å². The van der Waals surface area contributed by atoms with Gasteiger partial charge in [0.05, 0.1) is 13.2 Å². The highest BCUT2D eigenvalue weighted by Crippen LogP contribution is 2.32. The minimum absolute atomic E-state index is 0.215. The van der Waals surface area contributed by atoms with Crippen molar-refractivity contribution >= 4 is 0 Å². The highest BCUT2D eigenvalue weighted by molar-refractivity contribution is 4.85.